The third-order valence-electron chi connectivity index (χ3n) is 2.48. The Morgan fingerprint density at radius 3 is 2.37 bits per heavy atom. The Balaban J connectivity index is 1.64. The van der Waals surface area contributed by atoms with E-state index in [2.05, 4.69) is 0 Å². The molecule has 0 radical (unpaired) electrons. The molecule has 2 rings (SSSR count). The third-order valence-corrected chi connectivity index (χ3v) is 3.57. The molecule has 0 fully saturated rings. The van der Waals surface area contributed by atoms with Crippen LogP contribution in [0.4, 0.5) is 4.39 Å². The molecule has 100 valence electrons. The summed E-state index contributed by atoms with van der Waals surface area (Å²) in [6, 6.07) is 13.2. The Kier molecular flexibility index (Phi) is 5.10. The highest BCUT2D eigenvalue weighted by atomic mass is 32.2. The average Bonchev–Trinajstić information content (AvgIpc) is 2.43. The molecule has 0 saturated heterocycles. The van der Waals surface area contributed by atoms with Crippen LogP contribution in [0, 0.1) is 5.82 Å². The highest BCUT2D eigenvalue weighted by Gasteiger charge is 1.97. The van der Waals surface area contributed by atoms with E-state index >= 15 is 0 Å². The number of aromatic hydroxyl groups is 1. The second kappa shape index (κ2) is 7.04. The molecule has 1 N–H and O–H groups in total. The highest BCUT2D eigenvalue weighted by molar-refractivity contribution is 7.99. The first-order valence-corrected chi connectivity index (χ1v) is 7.03. The zero-order chi connectivity index (χ0) is 13.5. The van der Waals surface area contributed by atoms with Crippen molar-refractivity contribution in [3.05, 3.63) is 54.3 Å². The van der Waals surface area contributed by atoms with Crippen molar-refractivity contribution in [3.8, 4) is 11.5 Å². The number of thioether (sulfide) groups is 1. The van der Waals surface area contributed by atoms with Gasteiger partial charge in [-0.1, -0.05) is 0 Å². The van der Waals surface area contributed by atoms with E-state index in [0.717, 1.165) is 17.1 Å². The van der Waals surface area contributed by atoms with Gasteiger partial charge in [0.05, 0.1) is 6.61 Å². The van der Waals surface area contributed by atoms with Crippen LogP contribution in [0.15, 0.2) is 53.4 Å². The van der Waals surface area contributed by atoms with Gasteiger partial charge in [-0.05, 0) is 55.0 Å². The van der Waals surface area contributed by atoms with Crippen molar-refractivity contribution >= 4 is 11.8 Å². The topological polar surface area (TPSA) is 29.5 Å². The fourth-order valence-electron chi connectivity index (χ4n) is 1.51. The van der Waals surface area contributed by atoms with Gasteiger partial charge < -0.3 is 9.84 Å². The Bertz CT molecular complexity index is 449. The van der Waals surface area contributed by atoms with Crippen LogP contribution in [0.25, 0.3) is 0 Å². The zero-order valence-electron chi connectivity index (χ0n) is 10.4. The molecule has 0 spiro atoms. The van der Waals surface area contributed by atoms with Crippen molar-refractivity contribution in [1.82, 2.24) is 0 Å². The molecule has 0 aliphatic carbocycles. The number of ether oxygens (including phenoxy) is 1. The Hall–Kier alpha value is -1.68. The van der Waals surface area contributed by atoms with E-state index in [0.29, 0.717) is 12.4 Å². The van der Waals surface area contributed by atoms with Crippen molar-refractivity contribution in [1.29, 1.82) is 0 Å². The molecule has 0 aliphatic rings. The maximum absolute atomic E-state index is 12.7. The summed E-state index contributed by atoms with van der Waals surface area (Å²) >= 11 is 1.72. The van der Waals surface area contributed by atoms with Gasteiger partial charge in [0.25, 0.3) is 0 Å². The number of hydrogen-bond acceptors (Lipinski definition) is 3. The minimum Gasteiger partial charge on any atom is -0.508 e. The van der Waals surface area contributed by atoms with E-state index in [1.807, 2.05) is 12.1 Å². The number of phenols is 1. The van der Waals surface area contributed by atoms with Gasteiger partial charge in [0.15, 0.2) is 0 Å². The van der Waals surface area contributed by atoms with Gasteiger partial charge in [-0.15, -0.1) is 11.8 Å². The summed E-state index contributed by atoms with van der Waals surface area (Å²) in [5.74, 6) is 1.65. The Labute approximate surface area is 116 Å². The standard InChI is InChI=1S/C15H15FO2S/c16-12-2-6-14(7-3-12)18-10-1-11-19-15-8-4-13(17)5-9-15/h2-9,17H,1,10-11H2. The third kappa shape index (κ3) is 4.83. The van der Waals surface area contributed by atoms with Crippen molar-refractivity contribution in [2.75, 3.05) is 12.4 Å². The summed E-state index contributed by atoms with van der Waals surface area (Å²) < 4.78 is 18.2. The number of phenolic OH excluding ortho intramolecular Hbond substituents is 1. The fraction of sp³-hybridized carbons (Fsp3) is 0.200. The molecule has 4 heteroatoms. The van der Waals surface area contributed by atoms with Gasteiger partial charge in [-0.2, -0.15) is 0 Å². The SMILES string of the molecule is Oc1ccc(SCCCOc2ccc(F)cc2)cc1. The molecular formula is C15H15FO2S. The van der Waals surface area contributed by atoms with Gasteiger partial charge in [0.1, 0.15) is 17.3 Å². The van der Waals surface area contributed by atoms with Crippen molar-refractivity contribution in [3.63, 3.8) is 0 Å². The molecule has 0 saturated carbocycles. The molecule has 2 aromatic carbocycles. The van der Waals surface area contributed by atoms with Crippen LogP contribution in [0.5, 0.6) is 11.5 Å². The minimum atomic E-state index is -0.254. The van der Waals surface area contributed by atoms with E-state index in [1.54, 1.807) is 36.0 Å². The van der Waals surface area contributed by atoms with Gasteiger partial charge in [0, 0.05) is 10.6 Å². The Morgan fingerprint density at radius 2 is 1.68 bits per heavy atom. The first kappa shape index (κ1) is 13.7. The lowest BCUT2D eigenvalue weighted by Crippen LogP contribution is -1.98. The zero-order valence-corrected chi connectivity index (χ0v) is 11.2. The van der Waals surface area contributed by atoms with Crippen LogP contribution in [0.2, 0.25) is 0 Å². The van der Waals surface area contributed by atoms with Crippen LogP contribution in [-0.4, -0.2) is 17.5 Å². The molecule has 0 amide bonds. The van der Waals surface area contributed by atoms with E-state index in [9.17, 15) is 4.39 Å². The fourth-order valence-corrected chi connectivity index (χ4v) is 2.34. The molecule has 2 nitrogen and oxygen atoms in total. The molecule has 2 aromatic rings. The maximum atomic E-state index is 12.7. The summed E-state index contributed by atoms with van der Waals surface area (Å²) in [4.78, 5) is 1.12. The van der Waals surface area contributed by atoms with E-state index < -0.39 is 0 Å². The van der Waals surface area contributed by atoms with Gasteiger partial charge in [-0.25, -0.2) is 4.39 Å². The first-order valence-electron chi connectivity index (χ1n) is 6.04. The van der Waals surface area contributed by atoms with Crippen molar-refractivity contribution < 1.29 is 14.2 Å². The second-order valence-electron chi connectivity index (χ2n) is 4.00. The summed E-state index contributed by atoms with van der Waals surface area (Å²) in [5, 5.41) is 9.16. The van der Waals surface area contributed by atoms with Crippen molar-refractivity contribution in [2.24, 2.45) is 0 Å². The highest BCUT2D eigenvalue weighted by Crippen LogP contribution is 2.21. The molecule has 0 unspecified atom stereocenters. The minimum absolute atomic E-state index is 0.254. The predicted octanol–water partition coefficient (Wildman–Crippen LogP) is 4.09. The Morgan fingerprint density at radius 1 is 1.00 bits per heavy atom. The van der Waals surface area contributed by atoms with Gasteiger partial charge >= 0.3 is 0 Å². The predicted molar refractivity (Wildman–Crippen MR) is 75.3 cm³/mol. The summed E-state index contributed by atoms with van der Waals surface area (Å²) in [5.41, 5.74) is 0. The van der Waals surface area contributed by atoms with E-state index in [4.69, 9.17) is 9.84 Å². The number of rotatable bonds is 6. The van der Waals surface area contributed by atoms with Crippen molar-refractivity contribution in [2.45, 2.75) is 11.3 Å². The van der Waals surface area contributed by atoms with Crippen LogP contribution in [0.3, 0.4) is 0 Å². The van der Waals surface area contributed by atoms with Crippen LogP contribution in [-0.2, 0) is 0 Å². The normalized spacial score (nSPS) is 10.4. The monoisotopic (exact) mass is 278 g/mol. The molecule has 0 heterocycles. The van der Waals surface area contributed by atoms with Gasteiger partial charge in [0.2, 0.25) is 0 Å². The maximum Gasteiger partial charge on any atom is 0.123 e. The van der Waals surface area contributed by atoms with Crippen LogP contribution < -0.4 is 4.74 Å². The molecule has 19 heavy (non-hydrogen) atoms. The summed E-state index contributed by atoms with van der Waals surface area (Å²) in [6.07, 6.45) is 0.906. The molecule has 0 atom stereocenters. The average molecular weight is 278 g/mol. The smallest absolute Gasteiger partial charge is 0.123 e. The van der Waals surface area contributed by atoms with E-state index in [-0.39, 0.29) is 11.6 Å². The van der Waals surface area contributed by atoms with E-state index in [1.165, 1.54) is 12.1 Å². The van der Waals surface area contributed by atoms with Crippen LogP contribution >= 0.6 is 11.8 Å². The summed E-state index contributed by atoms with van der Waals surface area (Å²) in [7, 11) is 0. The first-order chi connectivity index (χ1) is 9.24. The number of hydrogen-bond donors (Lipinski definition) is 1. The largest absolute Gasteiger partial charge is 0.508 e. The quantitative estimate of drug-likeness (QED) is 0.637. The lowest BCUT2D eigenvalue weighted by molar-refractivity contribution is 0.318. The van der Waals surface area contributed by atoms with Crippen LogP contribution in [0.1, 0.15) is 6.42 Å². The van der Waals surface area contributed by atoms with Gasteiger partial charge in [-0.3, -0.25) is 0 Å². The number of benzene rings is 2. The molecule has 0 aliphatic heterocycles. The molecule has 0 aromatic heterocycles. The molecular weight excluding hydrogens is 263 g/mol. The lowest BCUT2D eigenvalue weighted by atomic mass is 10.3. The lowest BCUT2D eigenvalue weighted by Gasteiger charge is -2.06. The second-order valence-corrected chi connectivity index (χ2v) is 5.17. The molecule has 0 bridgehead atoms. The summed E-state index contributed by atoms with van der Waals surface area (Å²) in [6.45, 7) is 0.608. The number of halogens is 1.